The molecule has 0 amide bonds. The van der Waals surface area contributed by atoms with Crippen LogP contribution < -0.4 is 0 Å². The minimum Gasteiger partial charge on any atom is -0.381 e. The van der Waals surface area contributed by atoms with Crippen LogP contribution in [0.5, 0.6) is 0 Å². The van der Waals surface area contributed by atoms with Gasteiger partial charge in [-0.25, -0.2) is 12.7 Å². The summed E-state index contributed by atoms with van der Waals surface area (Å²) in [5, 5.41) is -0.292. The maximum Gasteiger partial charge on any atom is 0.217 e. The second-order valence-electron chi connectivity index (χ2n) is 5.14. The highest BCUT2D eigenvalue weighted by Gasteiger charge is 2.36. The van der Waals surface area contributed by atoms with Crippen molar-refractivity contribution in [2.45, 2.75) is 37.9 Å². The van der Waals surface area contributed by atoms with E-state index in [9.17, 15) is 13.2 Å². The molecule has 6 heteroatoms. The van der Waals surface area contributed by atoms with Gasteiger partial charge < -0.3 is 4.74 Å². The van der Waals surface area contributed by atoms with Crippen LogP contribution in [-0.2, 0) is 19.6 Å². The lowest BCUT2D eigenvalue weighted by Crippen LogP contribution is -2.45. The average molecular weight is 275 g/mol. The molecular weight excluding hydrogens is 254 g/mol. The quantitative estimate of drug-likeness (QED) is 0.764. The van der Waals surface area contributed by atoms with Crippen LogP contribution in [0.1, 0.15) is 32.6 Å². The first kappa shape index (κ1) is 14.0. The van der Waals surface area contributed by atoms with Gasteiger partial charge in [-0.2, -0.15) is 0 Å². The molecule has 0 spiro atoms. The zero-order valence-corrected chi connectivity index (χ0v) is 11.6. The average Bonchev–Trinajstić information content (AvgIpc) is 2.40. The zero-order valence-electron chi connectivity index (χ0n) is 10.8. The molecule has 0 unspecified atom stereocenters. The van der Waals surface area contributed by atoms with Crippen molar-refractivity contribution in [3.8, 4) is 0 Å². The van der Waals surface area contributed by atoms with Crippen LogP contribution >= 0.6 is 0 Å². The van der Waals surface area contributed by atoms with Gasteiger partial charge in [-0.3, -0.25) is 4.79 Å². The normalized spacial score (nSPS) is 25.2. The third-order valence-electron chi connectivity index (χ3n) is 3.98. The summed E-state index contributed by atoms with van der Waals surface area (Å²) >= 11 is 0. The minimum absolute atomic E-state index is 0.0474. The first-order chi connectivity index (χ1) is 8.51. The molecule has 104 valence electrons. The van der Waals surface area contributed by atoms with E-state index in [-0.39, 0.29) is 17.0 Å². The molecule has 0 radical (unpaired) electrons. The van der Waals surface area contributed by atoms with Crippen LogP contribution in [0.2, 0.25) is 0 Å². The molecule has 2 saturated heterocycles. The van der Waals surface area contributed by atoms with Crippen LogP contribution in [0.25, 0.3) is 0 Å². The van der Waals surface area contributed by atoms with Crippen molar-refractivity contribution < 1.29 is 17.9 Å². The molecular formula is C12H21NO4S. The van der Waals surface area contributed by atoms with Gasteiger partial charge in [0.2, 0.25) is 10.0 Å². The molecule has 0 aromatic heterocycles. The van der Waals surface area contributed by atoms with E-state index in [0.717, 1.165) is 0 Å². The molecule has 18 heavy (non-hydrogen) atoms. The Kier molecular flexibility index (Phi) is 4.40. The summed E-state index contributed by atoms with van der Waals surface area (Å²) < 4.78 is 31.6. The predicted octanol–water partition coefficient (Wildman–Crippen LogP) is 0.796. The smallest absolute Gasteiger partial charge is 0.217 e. The number of nitrogens with zero attached hydrogens (tertiary/aromatic N) is 1. The van der Waals surface area contributed by atoms with Gasteiger partial charge in [-0.05, 0) is 32.6 Å². The number of ketones is 1. The van der Waals surface area contributed by atoms with Gasteiger partial charge >= 0.3 is 0 Å². The Labute approximate surface area is 109 Å². The van der Waals surface area contributed by atoms with Crippen LogP contribution in [0.15, 0.2) is 0 Å². The van der Waals surface area contributed by atoms with Crippen molar-refractivity contribution in [2.75, 3.05) is 26.3 Å². The number of hydrogen-bond donors (Lipinski definition) is 0. The third kappa shape index (κ3) is 2.92. The van der Waals surface area contributed by atoms with E-state index in [2.05, 4.69) is 0 Å². The molecule has 2 heterocycles. The van der Waals surface area contributed by atoms with Crippen molar-refractivity contribution >= 4 is 15.8 Å². The van der Waals surface area contributed by atoms with Crippen LogP contribution in [-0.4, -0.2) is 50.1 Å². The van der Waals surface area contributed by atoms with Crippen molar-refractivity contribution in [1.82, 2.24) is 4.31 Å². The molecule has 0 bridgehead atoms. The Morgan fingerprint density at radius 1 is 1.11 bits per heavy atom. The van der Waals surface area contributed by atoms with Gasteiger partial charge in [0, 0.05) is 32.2 Å². The van der Waals surface area contributed by atoms with Gasteiger partial charge in [-0.15, -0.1) is 0 Å². The summed E-state index contributed by atoms with van der Waals surface area (Å²) in [4.78, 5) is 11.3. The topological polar surface area (TPSA) is 63.7 Å². The van der Waals surface area contributed by atoms with Crippen molar-refractivity contribution in [2.24, 2.45) is 5.92 Å². The van der Waals surface area contributed by atoms with Crippen molar-refractivity contribution in [3.63, 3.8) is 0 Å². The van der Waals surface area contributed by atoms with Crippen LogP contribution in [0, 0.1) is 5.92 Å². The molecule has 0 aromatic rings. The van der Waals surface area contributed by atoms with Crippen molar-refractivity contribution in [3.05, 3.63) is 0 Å². The third-order valence-corrected chi connectivity index (χ3v) is 6.38. The van der Waals surface area contributed by atoms with E-state index in [1.54, 1.807) is 11.2 Å². The predicted molar refractivity (Wildman–Crippen MR) is 67.7 cm³/mol. The standard InChI is InChI=1S/C12H21NO4S/c1-10(14)11-2-6-13(7-3-11)18(15,16)12-4-8-17-9-5-12/h11-12H,2-9H2,1H3. The zero-order chi connectivity index (χ0) is 13.2. The number of carbonyl (C=O) groups is 1. The minimum atomic E-state index is -3.19. The fraction of sp³-hybridized carbons (Fsp3) is 0.917. The largest absolute Gasteiger partial charge is 0.381 e. The Balaban J connectivity index is 1.97. The Morgan fingerprint density at radius 2 is 1.67 bits per heavy atom. The maximum absolute atomic E-state index is 12.4. The van der Waals surface area contributed by atoms with E-state index in [1.807, 2.05) is 0 Å². The number of rotatable bonds is 3. The lowest BCUT2D eigenvalue weighted by atomic mass is 9.95. The Morgan fingerprint density at radius 3 is 2.17 bits per heavy atom. The summed E-state index contributed by atoms with van der Waals surface area (Å²) in [5.41, 5.74) is 0. The monoisotopic (exact) mass is 275 g/mol. The molecule has 0 aliphatic carbocycles. The Hall–Kier alpha value is -0.460. The number of hydrogen-bond acceptors (Lipinski definition) is 4. The fourth-order valence-corrected chi connectivity index (χ4v) is 4.63. The molecule has 0 atom stereocenters. The highest BCUT2D eigenvalue weighted by molar-refractivity contribution is 7.89. The first-order valence-corrected chi connectivity index (χ1v) is 8.09. The summed E-state index contributed by atoms with van der Waals surface area (Å²) in [6, 6.07) is 0. The lowest BCUT2D eigenvalue weighted by Gasteiger charge is -2.34. The van der Waals surface area contributed by atoms with Gasteiger partial charge in [-0.1, -0.05) is 0 Å². The van der Waals surface area contributed by atoms with E-state index in [4.69, 9.17) is 4.74 Å². The number of ether oxygens (including phenoxy) is 1. The molecule has 0 N–H and O–H groups in total. The summed E-state index contributed by atoms with van der Waals surface area (Å²) in [6.07, 6.45) is 2.51. The van der Waals surface area contributed by atoms with Gasteiger partial charge in [0.1, 0.15) is 5.78 Å². The summed E-state index contributed by atoms with van der Waals surface area (Å²) in [5.74, 6) is 0.226. The second-order valence-corrected chi connectivity index (χ2v) is 7.35. The lowest BCUT2D eigenvalue weighted by molar-refractivity contribution is -0.121. The first-order valence-electron chi connectivity index (χ1n) is 6.59. The highest BCUT2D eigenvalue weighted by atomic mass is 32.2. The van der Waals surface area contributed by atoms with Gasteiger partial charge in [0.05, 0.1) is 5.25 Å². The molecule has 2 fully saturated rings. The number of piperidine rings is 1. The number of carbonyl (C=O) groups excluding carboxylic acids is 1. The number of Topliss-reactive ketones (excluding diaryl/α,β-unsaturated/α-hetero) is 1. The molecule has 2 rings (SSSR count). The SMILES string of the molecule is CC(=O)C1CCN(S(=O)(=O)C2CCOCC2)CC1. The highest BCUT2D eigenvalue weighted by Crippen LogP contribution is 2.25. The maximum atomic E-state index is 12.4. The Bertz CT molecular complexity index is 392. The van der Waals surface area contributed by atoms with Crippen LogP contribution in [0.3, 0.4) is 0 Å². The fourth-order valence-electron chi connectivity index (χ4n) is 2.70. The van der Waals surface area contributed by atoms with E-state index in [1.165, 1.54) is 0 Å². The molecule has 0 saturated carbocycles. The van der Waals surface area contributed by atoms with Crippen LogP contribution in [0.4, 0.5) is 0 Å². The number of sulfonamides is 1. The van der Waals surface area contributed by atoms with Gasteiger partial charge in [0.15, 0.2) is 0 Å². The van der Waals surface area contributed by atoms with Gasteiger partial charge in [0.25, 0.3) is 0 Å². The van der Waals surface area contributed by atoms with E-state index < -0.39 is 10.0 Å². The van der Waals surface area contributed by atoms with Crippen molar-refractivity contribution in [1.29, 1.82) is 0 Å². The molecule has 0 aromatic carbocycles. The molecule has 2 aliphatic rings. The summed E-state index contributed by atoms with van der Waals surface area (Å²) in [6.45, 7) is 3.64. The molecule has 2 aliphatic heterocycles. The summed E-state index contributed by atoms with van der Waals surface area (Å²) in [7, 11) is -3.19. The second kappa shape index (κ2) is 5.67. The molecule has 5 nitrogen and oxygen atoms in total. The van der Waals surface area contributed by atoms with E-state index >= 15 is 0 Å². The van der Waals surface area contributed by atoms with E-state index in [0.29, 0.717) is 52.0 Å².